The molecule has 2 nitrogen and oxygen atoms in total. The molecule has 2 rings (SSSR count). The highest BCUT2D eigenvalue weighted by molar-refractivity contribution is 5.01. The Bertz CT molecular complexity index is 165. The molecule has 70 valence electrons. The van der Waals surface area contributed by atoms with Crippen LogP contribution in [0.4, 0.5) is 0 Å². The first-order chi connectivity index (χ1) is 5.77. The standard InChI is InChI=1S/C10H18O2/c1-12-9-4-2-3-7-10(9,11)8-5-6-8/h8-9,11H,2-7H2,1H3. The van der Waals surface area contributed by atoms with E-state index >= 15 is 0 Å². The lowest BCUT2D eigenvalue weighted by atomic mass is 9.78. The highest BCUT2D eigenvalue weighted by atomic mass is 16.5. The Labute approximate surface area is 73.9 Å². The summed E-state index contributed by atoms with van der Waals surface area (Å²) in [7, 11) is 1.73. The third-order valence-electron chi connectivity index (χ3n) is 3.42. The number of hydrogen-bond acceptors (Lipinski definition) is 2. The smallest absolute Gasteiger partial charge is 0.0935 e. The molecule has 2 atom stereocenters. The van der Waals surface area contributed by atoms with Gasteiger partial charge in [0.25, 0.3) is 0 Å². The molecule has 2 saturated carbocycles. The van der Waals surface area contributed by atoms with Crippen LogP contribution in [0, 0.1) is 5.92 Å². The van der Waals surface area contributed by atoms with Crippen LogP contribution in [0.25, 0.3) is 0 Å². The third kappa shape index (κ3) is 1.27. The van der Waals surface area contributed by atoms with Gasteiger partial charge in [0.1, 0.15) is 0 Å². The van der Waals surface area contributed by atoms with Gasteiger partial charge in [-0.15, -0.1) is 0 Å². The lowest BCUT2D eigenvalue weighted by Gasteiger charge is -2.39. The first-order valence-corrected chi connectivity index (χ1v) is 5.02. The van der Waals surface area contributed by atoms with Gasteiger partial charge < -0.3 is 9.84 Å². The number of aliphatic hydroxyl groups is 1. The molecule has 0 amide bonds. The van der Waals surface area contributed by atoms with Crippen LogP contribution >= 0.6 is 0 Å². The van der Waals surface area contributed by atoms with Gasteiger partial charge in [-0.05, 0) is 31.6 Å². The normalized spacial score (nSPS) is 43.0. The summed E-state index contributed by atoms with van der Waals surface area (Å²) < 4.78 is 5.36. The molecule has 2 aliphatic rings. The molecule has 0 aromatic heterocycles. The van der Waals surface area contributed by atoms with Crippen molar-refractivity contribution >= 4 is 0 Å². The topological polar surface area (TPSA) is 29.5 Å². The van der Waals surface area contributed by atoms with Crippen molar-refractivity contribution in [3.8, 4) is 0 Å². The maximum absolute atomic E-state index is 10.3. The quantitative estimate of drug-likeness (QED) is 0.683. The van der Waals surface area contributed by atoms with E-state index in [1.54, 1.807) is 7.11 Å². The molecule has 1 N–H and O–H groups in total. The van der Waals surface area contributed by atoms with Crippen molar-refractivity contribution in [3.05, 3.63) is 0 Å². The number of rotatable bonds is 2. The first kappa shape index (κ1) is 8.52. The summed E-state index contributed by atoms with van der Waals surface area (Å²) in [6, 6.07) is 0. The van der Waals surface area contributed by atoms with Gasteiger partial charge in [0.15, 0.2) is 0 Å². The van der Waals surface area contributed by atoms with Crippen LogP contribution in [-0.4, -0.2) is 23.9 Å². The number of hydrogen-bond donors (Lipinski definition) is 1. The van der Waals surface area contributed by atoms with Gasteiger partial charge >= 0.3 is 0 Å². The molecule has 2 heteroatoms. The van der Waals surface area contributed by atoms with E-state index in [1.165, 1.54) is 25.7 Å². The summed E-state index contributed by atoms with van der Waals surface area (Å²) in [5.74, 6) is 0.544. The molecule has 2 aliphatic carbocycles. The lowest BCUT2D eigenvalue weighted by Crippen LogP contribution is -2.47. The highest BCUT2D eigenvalue weighted by Crippen LogP contribution is 2.47. The maximum Gasteiger partial charge on any atom is 0.0935 e. The summed E-state index contributed by atoms with van der Waals surface area (Å²) in [4.78, 5) is 0. The molecule has 0 spiro atoms. The fraction of sp³-hybridized carbons (Fsp3) is 1.00. The van der Waals surface area contributed by atoms with Crippen LogP contribution in [0.3, 0.4) is 0 Å². The second-order valence-electron chi connectivity index (χ2n) is 4.24. The zero-order valence-corrected chi connectivity index (χ0v) is 7.75. The zero-order chi connectivity index (χ0) is 8.60. The molecule has 12 heavy (non-hydrogen) atoms. The van der Waals surface area contributed by atoms with Gasteiger partial charge in [-0.3, -0.25) is 0 Å². The zero-order valence-electron chi connectivity index (χ0n) is 7.75. The maximum atomic E-state index is 10.3. The fourth-order valence-corrected chi connectivity index (χ4v) is 2.52. The van der Waals surface area contributed by atoms with Gasteiger partial charge in [0.05, 0.1) is 11.7 Å². The molecular formula is C10H18O2. The van der Waals surface area contributed by atoms with E-state index in [0.29, 0.717) is 5.92 Å². The molecule has 0 aromatic rings. The molecular weight excluding hydrogens is 152 g/mol. The van der Waals surface area contributed by atoms with Crippen molar-refractivity contribution in [1.29, 1.82) is 0 Å². The van der Waals surface area contributed by atoms with Crippen LogP contribution in [0.2, 0.25) is 0 Å². The largest absolute Gasteiger partial charge is 0.387 e. The summed E-state index contributed by atoms with van der Waals surface area (Å²) in [5.41, 5.74) is -0.465. The molecule has 0 aliphatic heterocycles. The molecule has 2 unspecified atom stereocenters. The average molecular weight is 170 g/mol. The predicted octanol–water partition coefficient (Wildman–Crippen LogP) is 1.72. The van der Waals surface area contributed by atoms with Gasteiger partial charge in [-0.1, -0.05) is 12.8 Å². The Hall–Kier alpha value is -0.0800. The Morgan fingerprint density at radius 3 is 2.58 bits per heavy atom. The molecule has 0 saturated heterocycles. The molecule has 2 fully saturated rings. The Morgan fingerprint density at radius 2 is 2.00 bits per heavy atom. The fourth-order valence-electron chi connectivity index (χ4n) is 2.52. The average Bonchev–Trinajstić information content (AvgIpc) is 2.87. The number of methoxy groups -OCH3 is 1. The van der Waals surface area contributed by atoms with E-state index in [4.69, 9.17) is 4.74 Å². The minimum absolute atomic E-state index is 0.110. The lowest BCUT2D eigenvalue weighted by molar-refractivity contribution is -0.129. The second-order valence-corrected chi connectivity index (χ2v) is 4.24. The molecule has 0 aromatic carbocycles. The van der Waals surface area contributed by atoms with E-state index in [9.17, 15) is 5.11 Å². The van der Waals surface area contributed by atoms with Crippen LogP contribution in [0.1, 0.15) is 38.5 Å². The van der Waals surface area contributed by atoms with Crippen LogP contribution in [-0.2, 0) is 4.74 Å². The molecule has 0 bridgehead atoms. The van der Waals surface area contributed by atoms with Gasteiger partial charge in [-0.2, -0.15) is 0 Å². The first-order valence-electron chi connectivity index (χ1n) is 5.02. The third-order valence-corrected chi connectivity index (χ3v) is 3.42. The van der Waals surface area contributed by atoms with E-state index in [1.807, 2.05) is 0 Å². The van der Waals surface area contributed by atoms with Gasteiger partial charge in [-0.25, -0.2) is 0 Å². The second kappa shape index (κ2) is 3.00. The summed E-state index contributed by atoms with van der Waals surface area (Å²) in [6.45, 7) is 0. The summed E-state index contributed by atoms with van der Waals surface area (Å²) in [6.07, 6.45) is 6.91. The van der Waals surface area contributed by atoms with E-state index in [0.717, 1.165) is 12.8 Å². The monoisotopic (exact) mass is 170 g/mol. The predicted molar refractivity (Wildman–Crippen MR) is 46.9 cm³/mol. The summed E-state index contributed by atoms with van der Waals surface area (Å²) >= 11 is 0. The van der Waals surface area contributed by atoms with E-state index in [2.05, 4.69) is 0 Å². The number of ether oxygens (including phenoxy) is 1. The Morgan fingerprint density at radius 1 is 1.25 bits per heavy atom. The van der Waals surface area contributed by atoms with Gasteiger partial charge in [0.2, 0.25) is 0 Å². The van der Waals surface area contributed by atoms with Crippen molar-refractivity contribution in [3.63, 3.8) is 0 Å². The van der Waals surface area contributed by atoms with Crippen molar-refractivity contribution in [2.24, 2.45) is 5.92 Å². The SMILES string of the molecule is COC1CCCCC1(O)C1CC1. The Balaban J connectivity index is 2.07. The van der Waals surface area contributed by atoms with Crippen molar-refractivity contribution in [2.75, 3.05) is 7.11 Å². The van der Waals surface area contributed by atoms with Gasteiger partial charge in [0, 0.05) is 7.11 Å². The minimum atomic E-state index is -0.465. The van der Waals surface area contributed by atoms with Crippen LogP contribution in [0.15, 0.2) is 0 Å². The van der Waals surface area contributed by atoms with Crippen molar-refractivity contribution in [1.82, 2.24) is 0 Å². The molecule has 0 heterocycles. The van der Waals surface area contributed by atoms with E-state index in [-0.39, 0.29) is 6.10 Å². The Kier molecular flexibility index (Phi) is 2.13. The minimum Gasteiger partial charge on any atom is -0.387 e. The molecule has 0 radical (unpaired) electrons. The van der Waals surface area contributed by atoms with Crippen molar-refractivity contribution in [2.45, 2.75) is 50.2 Å². The highest BCUT2D eigenvalue weighted by Gasteiger charge is 2.50. The van der Waals surface area contributed by atoms with Crippen molar-refractivity contribution < 1.29 is 9.84 Å². The van der Waals surface area contributed by atoms with E-state index < -0.39 is 5.60 Å². The van der Waals surface area contributed by atoms with Crippen LogP contribution in [0.5, 0.6) is 0 Å². The summed E-state index contributed by atoms with van der Waals surface area (Å²) in [5, 5.41) is 10.3. The van der Waals surface area contributed by atoms with Crippen LogP contribution < -0.4 is 0 Å².